The van der Waals surface area contributed by atoms with Gasteiger partial charge in [0.25, 0.3) is 0 Å². The van der Waals surface area contributed by atoms with Crippen molar-refractivity contribution in [1.29, 1.82) is 0 Å². The van der Waals surface area contributed by atoms with Gasteiger partial charge in [-0.25, -0.2) is 0 Å². The van der Waals surface area contributed by atoms with Gasteiger partial charge in [-0.05, 0) is 23.5 Å². The molecule has 0 heterocycles. The molecule has 0 rings (SSSR count). The number of aliphatic carboxylic acids is 2. The predicted molar refractivity (Wildman–Crippen MR) is 46.7 cm³/mol. The number of rotatable bonds is 5. The Hall–Kier alpha value is -1.58. The lowest BCUT2D eigenvalue weighted by Crippen LogP contribution is -2.33. The number of carbonyl (C=O) groups is 2. The number of hydrogen-bond acceptors (Lipinski definition) is 4. The van der Waals surface area contributed by atoms with Crippen molar-refractivity contribution < 1.29 is 19.8 Å². The third-order valence-electron chi connectivity index (χ3n) is 1.72. The van der Waals surface area contributed by atoms with E-state index in [1.54, 1.807) is 13.8 Å². The van der Waals surface area contributed by atoms with Gasteiger partial charge in [0.1, 0.15) is 0 Å². The molecule has 0 saturated carbocycles. The van der Waals surface area contributed by atoms with Crippen LogP contribution < -0.4 is 10.2 Å². The van der Waals surface area contributed by atoms with Crippen molar-refractivity contribution in [2.24, 2.45) is 5.92 Å². The van der Waals surface area contributed by atoms with E-state index in [1.165, 1.54) is 6.08 Å². The van der Waals surface area contributed by atoms with Gasteiger partial charge < -0.3 is 19.8 Å². The highest BCUT2D eigenvalue weighted by molar-refractivity contribution is 5.97. The highest BCUT2D eigenvalue weighted by atomic mass is 16.4. The van der Waals surface area contributed by atoms with Crippen LogP contribution in [0.15, 0.2) is 23.8 Å². The van der Waals surface area contributed by atoms with Gasteiger partial charge in [0.2, 0.25) is 0 Å². The molecule has 0 aromatic heterocycles. The minimum atomic E-state index is -1.49. The third-order valence-corrected chi connectivity index (χ3v) is 1.72. The van der Waals surface area contributed by atoms with E-state index in [4.69, 9.17) is 0 Å². The molecule has 0 unspecified atom stereocenters. The Morgan fingerprint density at radius 3 is 2.00 bits per heavy atom. The summed E-state index contributed by atoms with van der Waals surface area (Å²) < 4.78 is 0. The van der Waals surface area contributed by atoms with Gasteiger partial charge in [-0.2, -0.15) is 0 Å². The fourth-order valence-electron chi connectivity index (χ4n) is 1.15. The summed E-state index contributed by atoms with van der Waals surface area (Å²) in [4.78, 5) is 21.3. The highest BCUT2D eigenvalue weighted by Gasteiger charge is 2.11. The van der Waals surface area contributed by atoms with Crippen molar-refractivity contribution in [3.05, 3.63) is 23.8 Å². The number of allylic oxidation sites excluding steroid dienone is 1. The first-order chi connectivity index (χ1) is 6.41. The fourth-order valence-corrected chi connectivity index (χ4v) is 1.15. The zero-order valence-corrected chi connectivity index (χ0v) is 8.20. The monoisotopic (exact) mass is 196 g/mol. The average molecular weight is 196 g/mol. The van der Waals surface area contributed by atoms with Crippen molar-refractivity contribution in [2.75, 3.05) is 0 Å². The van der Waals surface area contributed by atoms with Crippen LogP contribution in [0, 0.1) is 5.92 Å². The molecule has 0 aliphatic carbocycles. The van der Waals surface area contributed by atoms with Crippen LogP contribution in [0.3, 0.4) is 0 Å². The summed E-state index contributed by atoms with van der Waals surface area (Å²) in [5.41, 5.74) is -0.500. The van der Waals surface area contributed by atoms with Crippen LogP contribution in [0.1, 0.15) is 20.3 Å². The summed E-state index contributed by atoms with van der Waals surface area (Å²) in [6.07, 6.45) is 1.28. The highest BCUT2D eigenvalue weighted by Crippen LogP contribution is 2.17. The smallest absolute Gasteiger partial charge is 0.0681 e. The number of hydrogen-bond donors (Lipinski definition) is 0. The second kappa shape index (κ2) is 5.21. The lowest BCUT2D eigenvalue weighted by molar-refractivity contribution is -0.304. The van der Waals surface area contributed by atoms with E-state index in [9.17, 15) is 19.8 Å². The summed E-state index contributed by atoms with van der Waals surface area (Å²) in [7, 11) is 0. The van der Waals surface area contributed by atoms with Crippen molar-refractivity contribution in [3.8, 4) is 0 Å². The molecule has 14 heavy (non-hydrogen) atoms. The van der Waals surface area contributed by atoms with Crippen molar-refractivity contribution in [1.82, 2.24) is 0 Å². The second-order valence-corrected chi connectivity index (χ2v) is 3.11. The SMILES string of the molecule is C=CC/C(C(=O)[O-])=C(/C(=O)[O-])C(C)C. The molecule has 0 radical (unpaired) electrons. The number of carboxylic acids is 2. The molecule has 0 aromatic rings. The molecule has 0 saturated heterocycles. The lowest BCUT2D eigenvalue weighted by atomic mass is 9.95. The van der Waals surface area contributed by atoms with Crippen LogP contribution in [0.2, 0.25) is 0 Å². The first-order valence-corrected chi connectivity index (χ1v) is 4.18. The van der Waals surface area contributed by atoms with E-state index < -0.39 is 17.9 Å². The van der Waals surface area contributed by atoms with Crippen LogP contribution >= 0.6 is 0 Å². The molecule has 0 N–H and O–H groups in total. The molecule has 0 bridgehead atoms. The van der Waals surface area contributed by atoms with Crippen molar-refractivity contribution >= 4 is 11.9 Å². The summed E-state index contributed by atoms with van der Waals surface area (Å²) in [6, 6.07) is 0. The lowest BCUT2D eigenvalue weighted by Gasteiger charge is -2.19. The van der Waals surface area contributed by atoms with Crippen LogP contribution in [0.4, 0.5) is 0 Å². The molecule has 0 fully saturated rings. The maximum absolute atomic E-state index is 10.7. The normalized spacial score (nSPS) is 12.2. The molecule has 0 spiro atoms. The molecule has 0 aliphatic heterocycles. The van der Waals surface area contributed by atoms with Gasteiger partial charge in [0.05, 0.1) is 11.9 Å². The zero-order chi connectivity index (χ0) is 11.3. The molecule has 0 aromatic carbocycles. The number of carboxylic acid groups (broad SMARTS) is 2. The van der Waals surface area contributed by atoms with Gasteiger partial charge in [-0.1, -0.05) is 19.9 Å². The van der Waals surface area contributed by atoms with E-state index in [0.29, 0.717) is 0 Å². The van der Waals surface area contributed by atoms with E-state index >= 15 is 0 Å². The summed E-state index contributed by atoms with van der Waals surface area (Å²) in [5.74, 6) is -3.38. The molecular weight excluding hydrogens is 184 g/mol. The van der Waals surface area contributed by atoms with Gasteiger partial charge in [-0.3, -0.25) is 0 Å². The standard InChI is InChI=1S/C10H14O4/c1-4-5-7(9(11)12)8(6(2)3)10(13)14/h4,6H,1,5H2,2-3H3,(H,11,12)(H,13,14)/p-2/b8-7-. The number of carbonyl (C=O) groups excluding carboxylic acids is 2. The van der Waals surface area contributed by atoms with E-state index in [2.05, 4.69) is 6.58 Å². The molecule has 78 valence electrons. The Morgan fingerprint density at radius 1 is 1.29 bits per heavy atom. The van der Waals surface area contributed by atoms with Crippen LogP contribution in [0.5, 0.6) is 0 Å². The summed E-state index contributed by atoms with van der Waals surface area (Å²) >= 11 is 0. The predicted octanol–water partition coefficient (Wildman–Crippen LogP) is -0.985. The molecule has 4 heteroatoms. The minimum Gasteiger partial charge on any atom is -0.545 e. The van der Waals surface area contributed by atoms with Crippen LogP contribution in [0.25, 0.3) is 0 Å². The quantitative estimate of drug-likeness (QED) is 0.418. The maximum Gasteiger partial charge on any atom is 0.0681 e. The maximum atomic E-state index is 10.7. The van der Waals surface area contributed by atoms with Crippen molar-refractivity contribution in [2.45, 2.75) is 20.3 Å². The largest absolute Gasteiger partial charge is 0.545 e. The van der Waals surface area contributed by atoms with Gasteiger partial charge >= 0.3 is 0 Å². The minimum absolute atomic E-state index is 0.0379. The Labute approximate surface area is 82.6 Å². The molecule has 0 amide bonds. The molecule has 0 atom stereocenters. The van der Waals surface area contributed by atoms with Crippen LogP contribution in [-0.4, -0.2) is 11.9 Å². The third kappa shape index (κ3) is 3.05. The first kappa shape index (κ1) is 12.4. The fraction of sp³-hybridized carbons (Fsp3) is 0.400. The molecular formula is C10H12O4-2. The Kier molecular flexibility index (Phi) is 4.63. The Balaban J connectivity index is 5.37. The average Bonchev–Trinajstić information content (AvgIpc) is 2.01. The van der Waals surface area contributed by atoms with Gasteiger partial charge in [0.15, 0.2) is 0 Å². The molecule has 0 aliphatic rings. The van der Waals surface area contributed by atoms with Crippen molar-refractivity contribution in [3.63, 3.8) is 0 Å². The Bertz CT molecular complexity index is 286. The zero-order valence-electron chi connectivity index (χ0n) is 8.20. The van der Waals surface area contributed by atoms with Crippen LogP contribution in [-0.2, 0) is 9.59 Å². The van der Waals surface area contributed by atoms with Gasteiger partial charge in [0, 0.05) is 0 Å². The first-order valence-electron chi connectivity index (χ1n) is 4.18. The van der Waals surface area contributed by atoms with E-state index in [1.807, 2.05) is 0 Å². The topological polar surface area (TPSA) is 80.3 Å². The van der Waals surface area contributed by atoms with E-state index in [-0.39, 0.29) is 17.6 Å². The Morgan fingerprint density at radius 2 is 1.79 bits per heavy atom. The summed E-state index contributed by atoms with van der Waals surface area (Å²) in [5, 5.41) is 21.3. The second-order valence-electron chi connectivity index (χ2n) is 3.11. The summed E-state index contributed by atoms with van der Waals surface area (Å²) in [6.45, 7) is 6.51. The van der Waals surface area contributed by atoms with E-state index in [0.717, 1.165) is 0 Å². The molecule has 4 nitrogen and oxygen atoms in total. The van der Waals surface area contributed by atoms with Gasteiger partial charge in [-0.15, -0.1) is 6.58 Å².